The van der Waals surface area contributed by atoms with E-state index in [9.17, 15) is 15.3 Å². The first-order valence-electron chi connectivity index (χ1n) is 10.7. The van der Waals surface area contributed by atoms with E-state index in [1.54, 1.807) is 0 Å². The second kappa shape index (κ2) is 8.31. The molecule has 9 heteroatoms. The van der Waals surface area contributed by atoms with Gasteiger partial charge in [-0.3, -0.25) is 0 Å². The Morgan fingerprint density at radius 1 is 1.13 bits per heavy atom. The van der Waals surface area contributed by atoms with Crippen molar-refractivity contribution in [1.82, 2.24) is 15.0 Å². The highest BCUT2D eigenvalue weighted by molar-refractivity contribution is 7.21. The van der Waals surface area contributed by atoms with Crippen LogP contribution in [-0.2, 0) is 0 Å². The molecule has 31 heavy (non-hydrogen) atoms. The number of nitrogens with one attached hydrogen (secondary N) is 1. The first kappa shape index (κ1) is 20.6. The van der Waals surface area contributed by atoms with E-state index in [4.69, 9.17) is 9.72 Å². The van der Waals surface area contributed by atoms with Crippen molar-refractivity contribution < 1.29 is 20.1 Å². The number of benzene rings is 1. The Bertz CT molecular complexity index is 1050. The van der Waals surface area contributed by atoms with Gasteiger partial charge in [0.1, 0.15) is 17.2 Å². The van der Waals surface area contributed by atoms with E-state index in [-0.39, 0.29) is 6.61 Å². The lowest BCUT2D eigenvalue weighted by Crippen LogP contribution is -2.34. The highest BCUT2D eigenvalue weighted by atomic mass is 32.1. The summed E-state index contributed by atoms with van der Waals surface area (Å²) >= 11 is 1.53. The van der Waals surface area contributed by atoms with Crippen LogP contribution in [0.5, 0.6) is 5.88 Å². The van der Waals surface area contributed by atoms with Crippen molar-refractivity contribution in [2.45, 2.75) is 44.5 Å². The molecule has 2 saturated carbocycles. The van der Waals surface area contributed by atoms with Gasteiger partial charge in [-0.05, 0) is 44.2 Å². The Hall–Kier alpha value is -2.33. The van der Waals surface area contributed by atoms with Crippen LogP contribution in [0.1, 0.15) is 25.0 Å². The Labute approximate surface area is 184 Å². The van der Waals surface area contributed by atoms with Crippen LogP contribution in [0.15, 0.2) is 24.3 Å². The second-order valence-corrected chi connectivity index (χ2v) is 9.47. The van der Waals surface area contributed by atoms with Crippen LogP contribution in [0.4, 0.5) is 5.95 Å². The molecule has 1 aromatic carbocycles. The van der Waals surface area contributed by atoms with Gasteiger partial charge in [-0.2, -0.15) is 4.98 Å². The molecular formula is C22H26N4O4S. The third-order valence-electron chi connectivity index (χ3n) is 6.06. The maximum Gasteiger partial charge on any atom is 0.229 e. The SMILES string of the molecule is Cc1nc(NCC2CC2)nc(O[C@@H]2C[C@H](CO)[C@@H](O)[C@H]2O)c1-c1nc2ccccc2s1. The molecule has 2 aliphatic rings. The van der Waals surface area contributed by atoms with E-state index in [2.05, 4.69) is 15.3 Å². The number of ether oxygens (including phenoxy) is 1. The van der Waals surface area contributed by atoms with Crippen LogP contribution in [0.25, 0.3) is 20.8 Å². The van der Waals surface area contributed by atoms with Gasteiger partial charge < -0.3 is 25.4 Å². The molecule has 0 amide bonds. The van der Waals surface area contributed by atoms with Crippen LogP contribution >= 0.6 is 11.3 Å². The summed E-state index contributed by atoms with van der Waals surface area (Å²) < 4.78 is 7.22. The monoisotopic (exact) mass is 442 g/mol. The van der Waals surface area contributed by atoms with Crippen LogP contribution in [0, 0.1) is 18.8 Å². The number of rotatable bonds is 7. The fraction of sp³-hybridized carbons (Fsp3) is 0.500. The Kier molecular flexibility index (Phi) is 5.51. The standard InChI is InChI=1S/C22H26N4O4S/c1-11-17(21-25-14-4-2-3-5-16(14)31-21)20(26-22(24-11)23-9-12-6-7-12)30-15-8-13(10-27)18(28)19(15)29/h2-5,12-13,15,18-19,27-29H,6-10H2,1H3,(H,23,24,26)/t13-,15-,18-,19+/m1/s1. The number of aromatic nitrogens is 3. The molecule has 5 rings (SSSR count). The molecule has 0 spiro atoms. The molecule has 0 bridgehead atoms. The smallest absolute Gasteiger partial charge is 0.229 e. The fourth-order valence-electron chi connectivity index (χ4n) is 4.01. The first-order valence-corrected chi connectivity index (χ1v) is 11.5. The van der Waals surface area contributed by atoms with E-state index in [1.807, 2.05) is 31.2 Å². The zero-order valence-electron chi connectivity index (χ0n) is 17.2. The molecule has 3 aromatic rings. The molecule has 2 aromatic heterocycles. The van der Waals surface area contributed by atoms with Gasteiger partial charge in [-0.15, -0.1) is 11.3 Å². The largest absolute Gasteiger partial charge is 0.471 e. The van der Waals surface area contributed by atoms with Crippen molar-refractivity contribution >= 4 is 27.5 Å². The van der Waals surface area contributed by atoms with E-state index >= 15 is 0 Å². The summed E-state index contributed by atoms with van der Waals surface area (Å²) in [4.78, 5) is 14.0. The van der Waals surface area contributed by atoms with Crippen molar-refractivity contribution in [2.75, 3.05) is 18.5 Å². The van der Waals surface area contributed by atoms with Crippen molar-refractivity contribution in [3.05, 3.63) is 30.0 Å². The van der Waals surface area contributed by atoms with Crippen LogP contribution in [0.2, 0.25) is 0 Å². The molecule has 0 aliphatic heterocycles. The van der Waals surface area contributed by atoms with Crippen LogP contribution in [-0.4, -0.2) is 61.7 Å². The van der Waals surface area contributed by atoms with Gasteiger partial charge in [0.2, 0.25) is 11.8 Å². The first-order chi connectivity index (χ1) is 15.0. The van der Waals surface area contributed by atoms with Crippen molar-refractivity contribution in [3.63, 3.8) is 0 Å². The molecule has 0 unspecified atom stereocenters. The van der Waals surface area contributed by atoms with Gasteiger partial charge in [0.15, 0.2) is 0 Å². The average Bonchev–Trinajstić information content (AvgIpc) is 3.44. The molecule has 4 atom stereocenters. The minimum Gasteiger partial charge on any atom is -0.471 e. The van der Waals surface area contributed by atoms with E-state index in [1.165, 1.54) is 24.2 Å². The van der Waals surface area contributed by atoms with Crippen molar-refractivity contribution in [1.29, 1.82) is 0 Å². The average molecular weight is 443 g/mol. The maximum absolute atomic E-state index is 10.5. The normalized spacial score (nSPS) is 25.8. The van der Waals surface area contributed by atoms with Gasteiger partial charge in [0.05, 0.1) is 27.6 Å². The minimum atomic E-state index is -1.10. The summed E-state index contributed by atoms with van der Waals surface area (Å²) in [6, 6.07) is 7.90. The second-order valence-electron chi connectivity index (χ2n) is 8.44. The highest BCUT2D eigenvalue weighted by Crippen LogP contribution is 2.39. The predicted molar refractivity (Wildman–Crippen MR) is 118 cm³/mol. The molecular weight excluding hydrogens is 416 g/mol. The summed E-state index contributed by atoms with van der Waals surface area (Å²) in [5.74, 6) is 1.05. The number of aliphatic hydroxyl groups is 3. The number of aliphatic hydroxyl groups excluding tert-OH is 3. The summed E-state index contributed by atoms with van der Waals surface area (Å²) in [6.07, 6.45) is -0.0334. The Balaban J connectivity index is 1.52. The van der Waals surface area contributed by atoms with E-state index < -0.39 is 24.2 Å². The predicted octanol–water partition coefficient (Wildman–Crippen LogP) is 2.37. The number of thiazole rings is 1. The quantitative estimate of drug-likeness (QED) is 0.440. The third kappa shape index (κ3) is 4.10. The van der Waals surface area contributed by atoms with E-state index in [0.717, 1.165) is 27.5 Å². The zero-order valence-corrected chi connectivity index (χ0v) is 18.0. The molecule has 164 valence electrons. The minimum absolute atomic E-state index is 0.209. The van der Waals surface area contributed by atoms with Gasteiger partial charge >= 0.3 is 0 Å². The molecule has 2 aliphatic carbocycles. The van der Waals surface area contributed by atoms with Crippen molar-refractivity contribution in [3.8, 4) is 16.5 Å². The summed E-state index contributed by atoms with van der Waals surface area (Å²) in [6.45, 7) is 2.51. The topological polar surface area (TPSA) is 121 Å². The number of para-hydroxylation sites is 1. The molecule has 0 radical (unpaired) electrons. The number of anilines is 1. The lowest BCUT2D eigenvalue weighted by Gasteiger charge is -2.20. The van der Waals surface area contributed by atoms with Crippen molar-refractivity contribution in [2.24, 2.45) is 11.8 Å². The molecule has 2 heterocycles. The van der Waals surface area contributed by atoms with Gasteiger partial charge in [0, 0.05) is 19.1 Å². The number of hydrogen-bond acceptors (Lipinski definition) is 9. The number of nitrogens with zero attached hydrogens (tertiary/aromatic N) is 3. The van der Waals surface area contributed by atoms with Gasteiger partial charge in [-0.25, -0.2) is 9.97 Å². The number of fused-ring (bicyclic) bond motifs is 1. The maximum atomic E-state index is 10.5. The highest BCUT2D eigenvalue weighted by Gasteiger charge is 2.43. The molecule has 8 nitrogen and oxygen atoms in total. The molecule has 4 N–H and O–H groups in total. The van der Waals surface area contributed by atoms with Gasteiger partial charge in [-0.1, -0.05) is 12.1 Å². The summed E-state index contributed by atoms with van der Waals surface area (Å²) in [5.41, 5.74) is 2.31. The summed E-state index contributed by atoms with van der Waals surface area (Å²) in [5, 5.41) is 34.2. The van der Waals surface area contributed by atoms with Crippen LogP contribution < -0.4 is 10.1 Å². The molecule has 2 fully saturated rings. The lowest BCUT2D eigenvalue weighted by atomic mass is 10.1. The zero-order chi connectivity index (χ0) is 21.5. The summed E-state index contributed by atoms with van der Waals surface area (Å²) in [7, 11) is 0. The Morgan fingerprint density at radius 3 is 2.65 bits per heavy atom. The number of hydrogen-bond donors (Lipinski definition) is 4. The lowest BCUT2D eigenvalue weighted by molar-refractivity contribution is -0.0242. The Morgan fingerprint density at radius 2 is 1.94 bits per heavy atom. The molecule has 0 saturated heterocycles. The third-order valence-corrected chi connectivity index (χ3v) is 7.11. The fourth-order valence-corrected chi connectivity index (χ4v) is 5.07. The van der Waals surface area contributed by atoms with Gasteiger partial charge in [0.25, 0.3) is 0 Å². The number of aryl methyl sites for hydroxylation is 1. The van der Waals surface area contributed by atoms with E-state index in [0.29, 0.717) is 29.7 Å². The van der Waals surface area contributed by atoms with Crippen LogP contribution in [0.3, 0.4) is 0 Å².